The third-order valence-corrected chi connectivity index (χ3v) is 3.17. The first kappa shape index (κ1) is 11.8. The van der Waals surface area contributed by atoms with Crippen LogP contribution in [0.1, 0.15) is 22.6 Å². The molecular formula is C16H16N2O. The highest BCUT2D eigenvalue weighted by molar-refractivity contribution is 5.77. The van der Waals surface area contributed by atoms with E-state index >= 15 is 0 Å². The Kier molecular flexibility index (Phi) is 2.75. The molecule has 3 heteroatoms. The van der Waals surface area contributed by atoms with E-state index in [9.17, 15) is 0 Å². The summed E-state index contributed by atoms with van der Waals surface area (Å²) < 4.78 is 5.85. The maximum absolute atomic E-state index is 5.85. The number of fused-ring (bicyclic) bond motifs is 1. The van der Waals surface area contributed by atoms with Crippen molar-refractivity contribution in [3.63, 3.8) is 0 Å². The van der Waals surface area contributed by atoms with Gasteiger partial charge in [0, 0.05) is 12.1 Å². The predicted octanol–water partition coefficient (Wildman–Crippen LogP) is 3.62. The Hall–Kier alpha value is -2.29. The summed E-state index contributed by atoms with van der Waals surface area (Å²) in [6.07, 6.45) is 0.665. The second-order valence-electron chi connectivity index (χ2n) is 4.96. The van der Waals surface area contributed by atoms with Gasteiger partial charge in [-0.3, -0.25) is 0 Å². The molecule has 96 valence electrons. The van der Waals surface area contributed by atoms with Crippen LogP contribution in [0.25, 0.3) is 11.1 Å². The zero-order chi connectivity index (χ0) is 13.4. The van der Waals surface area contributed by atoms with Crippen molar-refractivity contribution in [3.8, 4) is 0 Å². The summed E-state index contributed by atoms with van der Waals surface area (Å²) in [5, 5.41) is 0. The van der Waals surface area contributed by atoms with Crippen molar-refractivity contribution in [2.45, 2.75) is 20.3 Å². The number of benzene rings is 2. The van der Waals surface area contributed by atoms with Crippen molar-refractivity contribution < 1.29 is 4.42 Å². The zero-order valence-electron chi connectivity index (χ0n) is 11.1. The van der Waals surface area contributed by atoms with Gasteiger partial charge in [0.15, 0.2) is 11.5 Å². The summed E-state index contributed by atoms with van der Waals surface area (Å²) in [7, 11) is 0. The molecule has 2 N–H and O–H groups in total. The Morgan fingerprint density at radius 2 is 2.00 bits per heavy atom. The fourth-order valence-electron chi connectivity index (χ4n) is 2.38. The average Bonchev–Trinajstić information content (AvgIpc) is 2.71. The number of aryl methyl sites for hydroxylation is 2. The van der Waals surface area contributed by atoms with Crippen LogP contribution >= 0.6 is 0 Å². The van der Waals surface area contributed by atoms with E-state index in [0.29, 0.717) is 6.42 Å². The number of rotatable bonds is 2. The van der Waals surface area contributed by atoms with Gasteiger partial charge in [-0.05, 0) is 48.7 Å². The predicted molar refractivity (Wildman–Crippen MR) is 77.1 cm³/mol. The van der Waals surface area contributed by atoms with Crippen LogP contribution in [0.3, 0.4) is 0 Å². The van der Waals surface area contributed by atoms with Crippen molar-refractivity contribution >= 4 is 16.8 Å². The lowest BCUT2D eigenvalue weighted by atomic mass is 10.1. The van der Waals surface area contributed by atoms with Crippen molar-refractivity contribution in [2.75, 3.05) is 5.73 Å². The molecule has 0 radical (unpaired) electrons. The molecule has 0 aliphatic rings. The van der Waals surface area contributed by atoms with Gasteiger partial charge in [-0.15, -0.1) is 0 Å². The zero-order valence-corrected chi connectivity index (χ0v) is 11.1. The van der Waals surface area contributed by atoms with Gasteiger partial charge in [0.25, 0.3) is 0 Å². The van der Waals surface area contributed by atoms with Crippen LogP contribution in [0.5, 0.6) is 0 Å². The summed E-state index contributed by atoms with van der Waals surface area (Å²) in [5.41, 5.74) is 11.8. The van der Waals surface area contributed by atoms with Crippen LogP contribution in [0.15, 0.2) is 40.8 Å². The Labute approximate surface area is 112 Å². The molecule has 0 spiro atoms. The largest absolute Gasteiger partial charge is 0.440 e. The van der Waals surface area contributed by atoms with Crippen LogP contribution < -0.4 is 5.73 Å². The van der Waals surface area contributed by atoms with Crippen LogP contribution in [-0.2, 0) is 6.42 Å². The number of nitrogens with two attached hydrogens (primary N) is 1. The van der Waals surface area contributed by atoms with E-state index in [1.54, 1.807) is 0 Å². The Balaban J connectivity index is 2.00. The van der Waals surface area contributed by atoms with Gasteiger partial charge >= 0.3 is 0 Å². The monoisotopic (exact) mass is 252 g/mol. The standard InChI is InChI=1S/C16H16N2O/c1-10-6-11(2)16-14(7-10)18-15(19-16)9-12-4-3-5-13(17)8-12/h3-8H,9,17H2,1-2H3. The number of nitrogens with zero attached hydrogens (tertiary/aromatic N) is 1. The van der Waals surface area contributed by atoms with E-state index in [-0.39, 0.29) is 0 Å². The van der Waals surface area contributed by atoms with Gasteiger partial charge in [0.1, 0.15) is 5.52 Å². The number of hydrogen-bond donors (Lipinski definition) is 1. The lowest BCUT2D eigenvalue weighted by Gasteiger charge is -1.98. The molecule has 2 aromatic carbocycles. The van der Waals surface area contributed by atoms with E-state index in [4.69, 9.17) is 10.2 Å². The van der Waals surface area contributed by atoms with Crippen molar-refractivity contribution in [3.05, 3.63) is 59.0 Å². The smallest absolute Gasteiger partial charge is 0.199 e. The molecule has 0 saturated heterocycles. The average molecular weight is 252 g/mol. The van der Waals surface area contributed by atoms with E-state index in [2.05, 4.69) is 24.0 Å². The highest BCUT2D eigenvalue weighted by Crippen LogP contribution is 2.23. The first-order chi connectivity index (χ1) is 9.11. The Morgan fingerprint density at radius 3 is 2.79 bits per heavy atom. The quantitative estimate of drug-likeness (QED) is 0.709. The summed E-state index contributed by atoms with van der Waals surface area (Å²) in [6, 6.07) is 12.0. The van der Waals surface area contributed by atoms with Gasteiger partial charge in [0.05, 0.1) is 0 Å². The van der Waals surface area contributed by atoms with Crippen LogP contribution in [0.4, 0.5) is 5.69 Å². The van der Waals surface area contributed by atoms with Gasteiger partial charge in [-0.2, -0.15) is 0 Å². The molecule has 19 heavy (non-hydrogen) atoms. The highest BCUT2D eigenvalue weighted by Gasteiger charge is 2.09. The Morgan fingerprint density at radius 1 is 1.16 bits per heavy atom. The van der Waals surface area contributed by atoms with E-state index < -0.39 is 0 Å². The van der Waals surface area contributed by atoms with Crippen LogP contribution in [-0.4, -0.2) is 4.98 Å². The Bertz CT molecular complexity index is 744. The lowest BCUT2D eigenvalue weighted by Crippen LogP contribution is -1.90. The number of nitrogen functional groups attached to an aromatic ring is 1. The normalized spacial score (nSPS) is 11.1. The molecule has 1 heterocycles. The minimum absolute atomic E-state index is 0.665. The maximum Gasteiger partial charge on any atom is 0.199 e. The second kappa shape index (κ2) is 4.43. The molecule has 0 saturated carbocycles. The summed E-state index contributed by atoms with van der Waals surface area (Å²) in [5.74, 6) is 0.731. The lowest BCUT2D eigenvalue weighted by molar-refractivity contribution is 0.542. The summed E-state index contributed by atoms with van der Waals surface area (Å²) >= 11 is 0. The number of oxazole rings is 1. The summed E-state index contributed by atoms with van der Waals surface area (Å²) in [6.45, 7) is 4.11. The topological polar surface area (TPSA) is 52.0 Å². The van der Waals surface area contributed by atoms with E-state index in [1.807, 2.05) is 31.2 Å². The van der Waals surface area contributed by atoms with Gasteiger partial charge in [-0.25, -0.2) is 4.98 Å². The molecular weight excluding hydrogens is 236 g/mol. The fraction of sp³-hybridized carbons (Fsp3) is 0.188. The molecule has 0 fully saturated rings. The molecule has 0 atom stereocenters. The third-order valence-electron chi connectivity index (χ3n) is 3.17. The first-order valence-corrected chi connectivity index (χ1v) is 6.33. The maximum atomic E-state index is 5.85. The van der Waals surface area contributed by atoms with Gasteiger partial charge in [0.2, 0.25) is 0 Å². The molecule has 0 aliphatic heterocycles. The first-order valence-electron chi connectivity index (χ1n) is 6.33. The van der Waals surface area contributed by atoms with E-state index in [1.165, 1.54) is 5.56 Å². The molecule has 3 aromatic rings. The van der Waals surface area contributed by atoms with E-state index in [0.717, 1.165) is 33.8 Å². The van der Waals surface area contributed by atoms with Crippen molar-refractivity contribution in [1.82, 2.24) is 4.98 Å². The third kappa shape index (κ3) is 2.32. The molecule has 3 nitrogen and oxygen atoms in total. The highest BCUT2D eigenvalue weighted by atomic mass is 16.3. The van der Waals surface area contributed by atoms with Crippen LogP contribution in [0, 0.1) is 13.8 Å². The molecule has 1 aromatic heterocycles. The van der Waals surface area contributed by atoms with Gasteiger partial charge < -0.3 is 10.2 Å². The number of anilines is 1. The number of aromatic nitrogens is 1. The van der Waals surface area contributed by atoms with Gasteiger partial charge in [-0.1, -0.05) is 18.2 Å². The SMILES string of the molecule is Cc1cc(C)c2oc(Cc3cccc(N)c3)nc2c1. The molecule has 0 unspecified atom stereocenters. The second-order valence-corrected chi connectivity index (χ2v) is 4.96. The number of hydrogen-bond acceptors (Lipinski definition) is 3. The van der Waals surface area contributed by atoms with Crippen molar-refractivity contribution in [1.29, 1.82) is 0 Å². The molecule has 0 amide bonds. The molecule has 0 aliphatic carbocycles. The minimum Gasteiger partial charge on any atom is -0.440 e. The van der Waals surface area contributed by atoms with Crippen LogP contribution in [0.2, 0.25) is 0 Å². The molecule has 3 rings (SSSR count). The summed E-state index contributed by atoms with van der Waals surface area (Å²) in [4.78, 5) is 4.55. The van der Waals surface area contributed by atoms with Crippen molar-refractivity contribution in [2.24, 2.45) is 0 Å². The molecule has 0 bridgehead atoms. The fourth-order valence-corrected chi connectivity index (χ4v) is 2.38. The minimum atomic E-state index is 0.665.